The predicted molar refractivity (Wildman–Crippen MR) is 138 cm³/mol. The fourth-order valence-corrected chi connectivity index (χ4v) is 9.88. The average molecular weight is 443 g/mol. The number of rotatable bonds is 5. The van der Waals surface area contributed by atoms with Crippen LogP contribution in [-0.2, 0) is 0 Å². The van der Waals surface area contributed by atoms with E-state index in [2.05, 4.69) is 48.5 Å². The van der Waals surface area contributed by atoms with Crippen LogP contribution in [0.2, 0.25) is 0 Å². The molecule has 0 spiro atoms. The maximum absolute atomic E-state index is 10.2. The molecule has 0 saturated heterocycles. The van der Waals surface area contributed by atoms with Crippen molar-refractivity contribution in [1.82, 2.24) is 0 Å². The van der Waals surface area contributed by atoms with E-state index in [9.17, 15) is 5.11 Å². The Morgan fingerprint density at radius 2 is 1.62 bits per heavy atom. The maximum atomic E-state index is 10.2. The largest absolute Gasteiger partial charge is 0.390 e. The van der Waals surface area contributed by atoms with Gasteiger partial charge in [-0.3, -0.25) is 0 Å². The van der Waals surface area contributed by atoms with Crippen molar-refractivity contribution in [3.8, 4) is 0 Å². The van der Waals surface area contributed by atoms with Gasteiger partial charge in [0, 0.05) is 0 Å². The Morgan fingerprint density at radius 3 is 2.28 bits per heavy atom. The molecule has 2 fully saturated rings. The second kappa shape index (κ2) is 7.86. The second-order valence-electron chi connectivity index (χ2n) is 14.8. The van der Waals surface area contributed by atoms with Gasteiger partial charge in [-0.05, 0) is 117 Å². The Kier molecular flexibility index (Phi) is 6.09. The van der Waals surface area contributed by atoms with Crippen molar-refractivity contribution in [2.75, 3.05) is 0 Å². The predicted octanol–water partition coefficient (Wildman–Crippen LogP) is 8.95. The lowest BCUT2D eigenvalue weighted by molar-refractivity contribution is -0.0483. The fourth-order valence-electron chi connectivity index (χ4n) is 9.88. The first-order valence-electron chi connectivity index (χ1n) is 14.1. The fraction of sp³-hybridized carbons (Fsp3) is 0.935. The van der Waals surface area contributed by atoms with Crippen LogP contribution in [0, 0.1) is 45.3 Å². The first kappa shape index (κ1) is 24.8. The molecule has 0 radical (unpaired) electrons. The third kappa shape index (κ3) is 3.58. The molecule has 2 saturated carbocycles. The lowest BCUT2D eigenvalue weighted by Crippen LogP contribution is -2.53. The normalized spacial score (nSPS) is 44.6. The van der Waals surface area contributed by atoms with Crippen molar-refractivity contribution in [2.24, 2.45) is 45.3 Å². The van der Waals surface area contributed by atoms with Gasteiger partial charge < -0.3 is 5.11 Å². The monoisotopic (exact) mass is 442 g/mol. The molecule has 1 N–H and O–H groups in total. The van der Waals surface area contributed by atoms with E-state index in [4.69, 9.17) is 0 Å². The van der Waals surface area contributed by atoms with Crippen LogP contribution >= 0.6 is 0 Å². The van der Waals surface area contributed by atoms with Crippen LogP contribution in [0.4, 0.5) is 0 Å². The summed E-state index contributed by atoms with van der Waals surface area (Å²) in [4.78, 5) is 0. The van der Waals surface area contributed by atoms with Crippen molar-refractivity contribution < 1.29 is 5.11 Å². The van der Waals surface area contributed by atoms with E-state index >= 15 is 0 Å². The minimum atomic E-state index is -0.516. The van der Waals surface area contributed by atoms with E-state index in [0.717, 1.165) is 36.5 Å². The van der Waals surface area contributed by atoms with E-state index in [1.807, 2.05) is 25.0 Å². The van der Waals surface area contributed by atoms with Crippen LogP contribution in [0.1, 0.15) is 133 Å². The molecule has 7 atom stereocenters. The molecule has 0 heterocycles. The first-order chi connectivity index (χ1) is 14.7. The van der Waals surface area contributed by atoms with Gasteiger partial charge in [-0.1, -0.05) is 72.5 Å². The number of hydrogen-bond acceptors (Lipinski definition) is 1. The lowest BCUT2D eigenvalue weighted by atomic mass is 9.42. The van der Waals surface area contributed by atoms with Gasteiger partial charge >= 0.3 is 0 Å². The molecule has 4 rings (SSSR count). The summed E-state index contributed by atoms with van der Waals surface area (Å²) in [5.41, 5.74) is 5.14. The van der Waals surface area contributed by atoms with E-state index in [0.29, 0.717) is 21.7 Å². The summed E-state index contributed by atoms with van der Waals surface area (Å²) < 4.78 is 0. The third-order valence-corrected chi connectivity index (χ3v) is 12.5. The molecule has 0 bridgehead atoms. The van der Waals surface area contributed by atoms with Crippen LogP contribution in [0.5, 0.6) is 0 Å². The average Bonchev–Trinajstić information content (AvgIpc) is 2.96. The molecular weight excluding hydrogens is 388 g/mol. The Bertz CT molecular complexity index is 753. The highest BCUT2D eigenvalue weighted by Gasteiger charge is 2.62. The topological polar surface area (TPSA) is 20.2 Å². The number of fused-ring (bicyclic) bond motifs is 4. The van der Waals surface area contributed by atoms with Gasteiger partial charge in [-0.15, -0.1) is 0 Å². The van der Waals surface area contributed by atoms with Crippen LogP contribution in [-0.4, -0.2) is 10.7 Å². The lowest BCUT2D eigenvalue weighted by Gasteiger charge is -2.62. The highest BCUT2D eigenvalue weighted by atomic mass is 16.3. The molecule has 1 heteroatoms. The van der Waals surface area contributed by atoms with Crippen molar-refractivity contribution in [3.05, 3.63) is 11.1 Å². The van der Waals surface area contributed by atoms with Crippen molar-refractivity contribution in [3.63, 3.8) is 0 Å². The molecule has 0 amide bonds. The smallest absolute Gasteiger partial charge is 0.0591 e. The summed E-state index contributed by atoms with van der Waals surface area (Å²) in [7, 11) is 0. The number of hydrogen-bond donors (Lipinski definition) is 1. The van der Waals surface area contributed by atoms with Gasteiger partial charge in [-0.25, -0.2) is 0 Å². The Labute approximate surface area is 200 Å². The standard InChI is InChI=1S/C31H54O/c1-21(11-10-17-27(3,4)32)23-15-19-31(9)25-12-13-26-28(5,6)22(2)14-18-29(26,7)24(25)16-20-30(23,31)8/h21-23,26,32H,10-20H2,1-9H3/t21-,22+,23-,26+,29-,30-,31+/m1/s1. The zero-order valence-corrected chi connectivity index (χ0v) is 23.0. The maximum Gasteiger partial charge on any atom is 0.0591 e. The summed E-state index contributed by atoms with van der Waals surface area (Å²) >= 11 is 0. The first-order valence-corrected chi connectivity index (χ1v) is 14.1. The molecule has 4 aliphatic rings. The zero-order chi connectivity index (χ0) is 23.7. The van der Waals surface area contributed by atoms with Crippen LogP contribution in [0.3, 0.4) is 0 Å². The molecule has 0 unspecified atom stereocenters. The molecular formula is C31H54O. The minimum absolute atomic E-state index is 0.414. The highest BCUT2D eigenvalue weighted by Crippen LogP contribution is 2.72. The van der Waals surface area contributed by atoms with Gasteiger partial charge in [-0.2, -0.15) is 0 Å². The highest BCUT2D eigenvalue weighted by molar-refractivity contribution is 5.38. The van der Waals surface area contributed by atoms with E-state index < -0.39 is 5.60 Å². The SMILES string of the molecule is C[C@H](CCCC(C)(C)O)[C@H]1CC[C@@]2(C)C3=C(CC[C@]12C)[C@@]1(C)CC[C@H](C)C(C)(C)[C@@H]1CC3. The molecule has 4 aliphatic carbocycles. The Hall–Kier alpha value is -0.300. The van der Waals surface area contributed by atoms with Crippen LogP contribution in [0.25, 0.3) is 0 Å². The Morgan fingerprint density at radius 1 is 0.938 bits per heavy atom. The Balaban J connectivity index is 1.60. The summed E-state index contributed by atoms with van der Waals surface area (Å²) in [5, 5.41) is 10.2. The summed E-state index contributed by atoms with van der Waals surface area (Å²) in [6.45, 7) is 22.2. The second-order valence-corrected chi connectivity index (χ2v) is 14.8. The van der Waals surface area contributed by atoms with Gasteiger partial charge in [0.1, 0.15) is 0 Å². The summed E-state index contributed by atoms with van der Waals surface area (Å²) in [6, 6.07) is 0. The molecule has 32 heavy (non-hydrogen) atoms. The van der Waals surface area contributed by atoms with Gasteiger partial charge in [0.25, 0.3) is 0 Å². The van der Waals surface area contributed by atoms with Gasteiger partial charge in [0.2, 0.25) is 0 Å². The molecule has 184 valence electrons. The quantitative estimate of drug-likeness (QED) is 0.421. The molecule has 0 aromatic heterocycles. The van der Waals surface area contributed by atoms with Crippen molar-refractivity contribution in [1.29, 1.82) is 0 Å². The molecule has 0 aromatic rings. The van der Waals surface area contributed by atoms with Crippen LogP contribution < -0.4 is 0 Å². The number of allylic oxidation sites excluding steroid dienone is 2. The van der Waals surface area contributed by atoms with Gasteiger partial charge in [0.15, 0.2) is 0 Å². The van der Waals surface area contributed by atoms with E-state index in [1.165, 1.54) is 57.8 Å². The van der Waals surface area contributed by atoms with Gasteiger partial charge in [0.05, 0.1) is 5.60 Å². The molecule has 1 nitrogen and oxygen atoms in total. The zero-order valence-electron chi connectivity index (χ0n) is 23.0. The number of aliphatic hydroxyl groups is 1. The minimum Gasteiger partial charge on any atom is -0.390 e. The van der Waals surface area contributed by atoms with E-state index in [-0.39, 0.29) is 0 Å². The van der Waals surface area contributed by atoms with Crippen molar-refractivity contribution >= 4 is 0 Å². The van der Waals surface area contributed by atoms with Crippen LogP contribution in [0.15, 0.2) is 11.1 Å². The summed E-state index contributed by atoms with van der Waals surface area (Å²) in [6.07, 6.45) is 14.6. The van der Waals surface area contributed by atoms with Crippen molar-refractivity contribution in [2.45, 2.75) is 139 Å². The molecule has 0 aromatic carbocycles. The van der Waals surface area contributed by atoms with E-state index in [1.54, 1.807) is 0 Å². The summed E-state index contributed by atoms with van der Waals surface area (Å²) in [5.74, 6) is 3.33. The third-order valence-electron chi connectivity index (χ3n) is 12.5. The molecule has 0 aliphatic heterocycles.